The van der Waals surface area contributed by atoms with Crippen LogP contribution in [0.15, 0.2) is 42.5 Å². The second-order valence-corrected chi connectivity index (χ2v) is 8.67. The molecule has 1 heterocycles. The predicted octanol–water partition coefficient (Wildman–Crippen LogP) is 3.96. The molecule has 1 aliphatic heterocycles. The standard InChI is InChI=1S/C17H11NO2S3/c19-15-9-4-1-2-5-10(9)16(20)14-11(15)6-3-7-12(14)18-13-8-22-17(21)23-13/h1-7,13,18H,8H2. The van der Waals surface area contributed by atoms with E-state index in [4.69, 9.17) is 12.2 Å². The highest BCUT2D eigenvalue weighted by Gasteiger charge is 2.32. The molecular weight excluding hydrogens is 346 g/mol. The number of rotatable bonds is 2. The van der Waals surface area contributed by atoms with Gasteiger partial charge in [0.05, 0.1) is 10.9 Å². The number of hydrogen-bond donors (Lipinski definition) is 1. The predicted molar refractivity (Wildman–Crippen MR) is 99.8 cm³/mol. The van der Waals surface area contributed by atoms with Gasteiger partial charge in [-0.15, -0.1) is 11.8 Å². The highest BCUT2D eigenvalue weighted by molar-refractivity contribution is 8.49. The van der Waals surface area contributed by atoms with Crippen LogP contribution in [0, 0.1) is 0 Å². The zero-order valence-corrected chi connectivity index (χ0v) is 14.3. The Morgan fingerprint density at radius 1 is 0.957 bits per heavy atom. The van der Waals surface area contributed by atoms with E-state index in [0.29, 0.717) is 27.9 Å². The van der Waals surface area contributed by atoms with Crippen molar-refractivity contribution >= 4 is 56.5 Å². The first-order valence-electron chi connectivity index (χ1n) is 7.06. The molecule has 1 aliphatic carbocycles. The molecule has 4 rings (SSSR count). The van der Waals surface area contributed by atoms with E-state index >= 15 is 0 Å². The molecule has 0 saturated carbocycles. The van der Waals surface area contributed by atoms with Crippen LogP contribution in [0.1, 0.15) is 31.8 Å². The van der Waals surface area contributed by atoms with Gasteiger partial charge < -0.3 is 5.32 Å². The van der Waals surface area contributed by atoms with E-state index in [2.05, 4.69) is 5.32 Å². The minimum absolute atomic E-state index is 0.0946. The number of anilines is 1. The maximum Gasteiger partial charge on any atom is 0.196 e. The fraction of sp³-hybridized carbons (Fsp3) is 0.118. The monoisotopic (exact) mass is 357 g/mol. The maximum absolute atomic E-state index is 12.9. The van der Waals surface area contributed by atoms with Gasteiger partial charge in [-0.3, -0.25) is 9.59 Å². The molecule has 0 radical (unpaired) electrons. The summed E-state index contributed by atoms with van der Waals surface area (Å²) in [5.74, 6) is 0.658. The summed E-state index contributed by atoms with van der Waals surface area (Å²) in [6.45, 7) is 0. The fourth-order valence-electron chi connectivity index (χ4n) is 2.84. The topological polar surface area (TPSA) is 46.2 Å². The van der Waals surface area contributed by atoms with Gasteiger partial charge in [0, 0.05) is 28.1 Å². The van der Waals surface area contributed by atoms with E-state index in [-0.39, 0.29) is 16.9 Å². The summed E-state index contributed by atoms with van der Waals surface area (Å²) in [6.07, 6.45) is 0. The van der Waals surface area contributed by atoms with Crippen LogP contribution < -0.4 is 5.32 Å². The Kier molecular flexibility index (Phi) is 3.75. The smallest absolute Gasteiger partial charge is 0.196 e. The van der Waals surface area contributed by atoms with E-state index in [1.165, 1.54) is 0 Å². The number of ketones is 2. The van der Waals surface area contributed by atoms with Gasteiger partial charge in [-0.05, 0) is 6.07 Å². The van der Waals surface area contributed by atoms with E-state index in [9.17, 15) is 9.59 Å². The Labute approximate surface area is 147 Å². The van der Waals surface area contributed by atoms with Gasteiger partial charge in [0.25, 0.3) is 0 Å². The molecule has 0 aromatic heterocycles. The fourth-order valence-corrected chi connectivity index (χ4v) is 5.48. The number of thiocarbonyl (C=S) groups is 1. The Hall–Kier alpha value is -1.63. The van der Waals surface area contributed by atoms with Crippen molar-refractivity contribution in [2.45, 2.75) is 5.37 Å². The normalized spacial score (nSPS) is 19.5. The molecule has 2 aliphatic rings. The molecule has 1 unspecified atom stereocenters. The molecule has 114 valence electrons. The molecule has 0 spiro atoms. The first kappa shape index (κ1) is 14.9. The molecule has 2 aromatic rings. The number of hydrogen-bond acceptors (Lipinski definition) is 6. The highest BCUT2D eigenvalue weighted by atomic mass is 32.2. The SMILES string of the molecule is O=C1c2ccccc2C(=O)c2c(NC3CSC(=S)S3)cccc21. The summed E-state index contributed by atoms with van der Waals surface area (Å²) in [7, 11) is 0. The molecule has 0 bridgehead atoms. The van der Waals surface area contributed by atoms with Crippen LogP contribution >= 0.6 is 35.7 Å². The van der Waals surface area contributed by atoms with Crippen molar-refractivity contribution < 1.29 is 9.59 Å². The van der Waals surface area contributed by atoms with Crippen LogP contribution in [0.2, 0.25) is 0 Å². The third kappa shape index (κ3) is 2.51. The highest BCUT2D eigenvalue weighted by Crippen LogP contribution is 2.37. The lowest BCUT2D eigenvalue weighted by Gasteiger charge is -2.22. The van der Waals surface area contributed by atoms with Gasteiger partial charge >= 0.3 is 0 Å². The molecular formula is C17H11NO2S3. The lowest BCUT2D eigenvalue weighted by Crippen LogP contribution is -2.24. The van der Waals surface area contributed by atoms with Crippen molar-refractivity contribution in [3.8, 4) is 0 Å². The van der Waals surface area contributed by atoms with E-state index in [1.54, 1.807) is 53.9 Å². The summed E-state index contributed by atoms with van der Waals surface area (Å²) in [4.78, 5) is 25.6. The summed E-state index contributed by atoms with van der Waals surface area (Å²) in [6, 6.07) is 12.4. The maximum atomic E-state index is 12.9. The summed E-state index contributed by atoms with van der Waals surface area (Å²) < 4.78 is 0.903. The van der Waals surface area contributed by atoms with E-state index in [1.807, 2.05) is 12.1 Å². The largest absolute Gasteiger partial charge is 0.372 e. The van der Waals surface area contributed by atoms with Crippen LogP contribution in [-0.4, -0.2) is 26.2 Å². The number of fused-ring (bicyclic) bond motifs is 2. The molecule has 1 atom stereocenters. The van der Waals surface area contributed by atoms with Crippen LogP contribution in [0.4, 0.5) is 5.69 Å². The third-order valence-electron chi connectivity index (χ3n) is 3.86. The molecule has 3 nitrogen and oxygen atoms in total. The summed E-state index contributed by atoms with van der Waals surface area (Å²) in [5, 5.41) is 3.49. The first-order valence-corrected chi connectivity index (χ1v) is 9.34. The van der Waals surface area contributed by atoms with Crippen molar-refractivity contribution in [2.75, 3.05) is 11.1 Å². The van der Waals surface area contributed by atoms with Gasteiger partial charge in [0.15, 0.2) is 11.6 Å². The van der Waals surface area contributed by atoms with Crippen molar-refractivity contribution in [1.29, 1.82) is 0 Å². The zero-order chi connectivity index (χ0) is 16.0. The van der Waals surface area contributed by atoms with E-state index < -0.39 is 0 Å². The number of carbonyl (C=O) groups is 2. The van der Waals surface area contributed by atoms with Crippen molar-refractivity contribution in [1.82, 2.24) is 0 Å². The number of benzene rings is 2. The number of nitrogens with one attached hydrogen (secondary N) is 1. The lowest BCUT2D eigenvalue weighted by molar-refractivity contribution is 0.0979. The second-order valence-electron chi connectivity index (χ2n) is 5.24. The first-order chi connectivity index (χ1) is 11.1. The summed E-state index contributed by atoms with van der Waals surface area (Å²) in [5.41, 5.74) is 2.60. The molecule has 1 saturated heterocycles. The third-order valence-corrected chi connectivity index (χ3v) is 6.85. The molecule has 6 heteroatoms. The average Bonchev–Trinajstić information content (AvgIpc) is 2.97. The van der Waals surface area contributed by atoms with Crippen LogP contribution in [0.3, 0.4) is 0 Å². The average molecular weight is 357 g/mol. The van der Waals surface area contributed by atoms with Crippen LogP contribution in [0.5, 0.6) is 0 Å². The Morgan fingerprint density at radius 2 is 1.65 bits per heavy atom. The molecule has 1 N–H and O–H groups in total. The van der Waals surface area contributed by atoms with Gasteiger partial charge in [-0.25, -0.2) is 0 Å². The minimum atomic E-state index is -0.100. The van der Waals surface area contributed by atoms with Crippen molar-refractivity contribution in [2.24, 2.45) is 0 Å². The van der Waals surface area contributed by atoms with Crippen LogP contribution in [-0.2, 0) is 0 Å². The van der Waals surface area contributed by atoms with Gasteiger partial charge in [-0.1, -0.05) is 60.4 Å². The Bertz CT molecular complexity index is 863. The molecule has 2 aromatic carbocycles. The van der Waals surface area contributed by atoms with Crippen LogP contribution in [0.25, 0.3) is 0 Å². The van der Waals surface area contributed by atoms with Crippen molar-refractivity contribution in [3.05, 3.63) is 64.7 Å². The molecule has 1 fully saturated rings. The zero-order valence-electron chi connectivity index (χ0n) is 11.9. The number of thioether (sulfide) groups is 2. The minimum Gasteiger partial charge on any atom is -0.372 e. The molecule has 23 heavy (non-hydrogen) atoms. The van der Waals surface area contributed by atoms with E-state index in [0.717, 1.165) is 9.28 Å². The van der Waals surface area contributed by atoms with Crippen molar-refractivity contribution in [3.63, 3.8) is 0 Å². The Morgan fingerprint density at radius 3 is 2.35 bits per heavy atom. The molecule has 0 amide bonds. The van der Waals surface area contributed by atoms with Gasteiger partial charge in [0.2, 0.25) is 0 Å². The second kappa shape index (κ2) is 5.78. The Balaban J connectivity index is 1.79. The number of carbonyl (C=O) groups excluding carboxylic acids is 2. The quantitative estimate of drug-likeness (QED) is 0.701. The van der Waals surface area contributed by atoms with Gasteiger partial charge in [-0.2, -0.15) is 0 Å². The summed E-state index contributed by atoms with van der Waals surface area (Å²) >= 11 is 8.41. The van der Waals surface area contributed by atoms with Gasteiger partial charge in [0.1, 0.15) is 3.53 Å². The lowest BCUT2D eigenvalue weighted by atomic mass is 9.83.